The van der Waals surface area contributed by atoms with Crippen molar-refractivity contribution in [2.45, 2.75) is 13.5 Å². The van der Waals surface area contributed by atoms with E-state index in [0.717, 1.165) is 5.56 Å². The summed E-state index contributed by atoms with van der Waals surface area (Å²) in [6.45, 7) is 1.65. The van der Waals surface area contributed by atoms with Crippen LogP contribution in [0.25, 0.3) is 0 Å². The van der Waals surface area contributed by atoms with Crippen molar-refractivity contribution in [3.8, 4) is 5.75 Å². The van der Waals surface area contributed by atoms with Gasteiger partial charge in [-0.1, -0.05) is 0 Å². The van der Waals surface area contributed by atoms with E-state index in [4.69, 9.17) is 4.74 Å². The van der Waals surface area contributed by atoms with Gasteiger partial charge in [0.25, 0.3) is 0 Å². The van der Waals surface area contributed by atoms with Crippen LogP contribution in [0.5, 0.6) is 5.75 Å². The third-order valence-corrected chi connectivity index (χ3v) is 2.01. The zero-order valence-electron chi connectivity index (χ0n) is 7.57. The molecule has 0 unspecified atom stereocenters. The first kappa shape index (κ1) is 8.74. The molecular weight excluding hydrogens is 184 g/mol. The second-order valence-electron chi connectivity index (χ2n) is 3.02. The molecule has 1 aromatic carbocycles. The zero-order valence-corrected chi connectivity index (χ0v) is 7.57. The van der Waals surface area contributed by atoms with Crippen LogP contribution < -0.4 is 4.74 Å². The number of rotatable bonds is 1. The molecule has 1 aliphatic heterocycles. The lowest BCUT2D eigenvalue weighted by molar-refractivity contribution is 0.0785. The molecule has 4 nitrogen and oxygen atoms in total. The monoisotopic (exact) mass is 192 g/mol. The largest absolute Gasteiger partial charge is 0.514 e. The summed E-state index contributed by atoms with van der Waals surface area (Å²) in [6, 6.07) is 4.90. The first-order valence-electron chi connectivity index (χ1n) is 4.15. The van der Waals surface area contributed by atoms with Gasteiger partial charge in [-0.2, -0.15) is 0 Å². The molecule has 0 N–H and O–H groups in total. The molecule has 1 aromatic rings. The Morgan fingerprint density at radius 1 is 1.43 bits per heavy atom. The lowest BCUT2D eigenvalue weighted by Crippen LogP contribution is -2.17. The van der Waals surface area contributed by atoms with E-state index in [0.29, 0.717) is 11.3 Å². The Morgan fingerprint density at radius 2 is 2.21 bits per heavy atom. The third-order valence-electron chi connectivity index (χ3n) is 2.01. The van der Waals surface area contributed by atoms with E-state index in [1.54, 1.807) is 18.2 Å². The Balaban J connectivity index is 2.41. The number of carbonyl (C=O) groups excluding carboxylic acids is 2. The Labute approximate surface area is 80.4 Å². The summed E-state index contributed by atoms with van der Waals surface area (Å²) in [6.07, 6.45) is -0.701. The molecule has 0 saturated carbocycles. The normalized spacial score (nSPS) is 13.9. The van der Waals surface area contributed by atoms with E-state index in [1.165, 1.54) is 6.92 Å². The minimum absolute atomic E-state index is 0.0234. The molecule has 0 radical (unpaired) electrons. The topological polar surface area (TPSA) is 52.6 Å². The number of hydrogen-bond acceptors (Lipinski definition) is 4. The Bertz CT molecular complexity index is 409. The van der Waals surface area contributed by atoms with Crippen LogP contribution in [-0.4, -0.2) is 11.9 Å². The predicted molar refractivity (Wildman–Crippen MR) is 47.3 cm³/mol. The first-order valence-corrected chi connectivity index (χ1v) is 4.15. The summed E-state index contributed by atoms with van der Waals surface area (Å²) in [7, 11) is 0. The van der Waals surface area contributed by atoms with Crippen molar-refractivity contribution in [1.82, 2.24) is 0 Å². The van der Waals surface area contributed by atoms with Gasteiger partial charge >= 0.3 is 6.16 Å². The summed E-state index contributed by atoms with van der Waals surface area (Å²) in [5, 5.41) is 0. The molecule has 0 bridgehead atoms. The Kier molecular flexibility index (Phi) is 1.96. The van der Waals surface area contributed by atoms with Crippen LogP contribution >= 0.6 is 0 Å². The first-order chi connectivity index (χ1) is 6.66. The van der Waals surface area contributed by atoms with Crippen LogP contribution in [0, 0.1) is 0 Å². The molecular formula is C10H8O4. The summed E-state index contributed by atoms with van der Waals surface area (Å²) in [5.41, 5.74) is 1.31. The van der Waals surface area contributed by atoms with Crippen LogP contribution in [0.4, 0.5) is 4.79 Å². The van der Waals surface area contributed by atoms with Gasteiger partial charge in [0.05, 0.1) is 0 Å². The van der Waals surface area contributed by atoms with E-state index in [9.17, 15) is 9.59 Å². The van der Waals surface area contributed by atoms with Crippen molar-refractivity contribution in [1.29, 1.82) is 0 Å². The summed E-state index contributed by atoms with van der Waals surface area (Å²) in [5.74, 6) is 0.441. The number of fused-ring (bicyclic) bond motifs is 1. The van der Waals surface area contributed by atoms with Gasteiger partial charge in [0.2, 0.25) is 0 Å². The predicted octanol–water partition coefficient (Wildman–Crippen LogP) is 1.92. The van der Waals surface area contributed by atoms with E-state index < -0.39 is 6.16 Å². The highest BCUT2D eigenvalue weighted by atomic mass is 16.7. The molecule has 0 amide bonds. The Morgan fingerprint density at radius 3 is 2.93 bits per heavy atom. The molecule has 0 fully saturated rings. The number of Topliss-reactive ketones (excluding diaryl/α,β-unsaturated/α-hetero) is 1. The quantitative estimate of drug-likeness (QED) is 0.387. The second-order valence-corrected chi connectivity index (χ2v) is 3.02. The van der Waals surface area contributed by atoms with Gasteiger partial charge in [-0.3, -0.25) is 4.79 Å². The van der Waals surface area contributed by atoms with Gasteiger partial charge in [0.15, 0.2) is 5.78 Å². The van der Waals surface area contributed by atoms with Crippen LogP contribution in [0.2, 0.25) is 0 Å². The fraction of sp³-hybridized carbons (Fsp3) is 0.200. The average Bonchev–Trinajstić information content (AvgIpc) is 2.16. The number of cyclic esters (lactones) is 1. The molecule has 0 saturated heterocycles. The Hall–Kier alpha value is -1.84. The van der Waals surface area contributed by atoms with Crippen LogP contribution in [0.3, 0.4) is 0 Å². The number of benzene rings is 1. The van der Waals surface area contributed by atoms with Crippen molar-refractivity contribution in [3.05, 3.63) is 29.3 Å². The highest BCUT2D eigenvalue weighted by Crippen LogP contribution is 2.25. The maximum Gasteiger partial charge on any atom is 0.514 e. The van der Waals surface area contributed by atoms with E-state index >= 15 is 0 Å². The summed E-state index contributed by atoms with van der Waals surface area (Å²) < 4.78 is 9.46. The van der Waals surface area contributed by atoms with Crippen molar-refractivity contribution in [2.75, 3.05) is 0 Å². The number of ether oxygens (including phenoxy) is 2. The van der Waals surface area contributed by atoms with Gasteiger partial charge in [0, 0.05) is 11.1 Å². The minimum atomic E-state index is -0.701. The smallest absolute Gasteiger partial charge is 0.429 e. The summed E-state index contributed by atoms with van der Waals surface area (Å²) >= 11 is 0. The molecule has 1 aliphatic rings. The number of hydrogen-bond donors (Lipinski definition) is 0. The third kappa shape index (κ3) is 1.46. The molecule has 14 heavy (non-hydrogen) atoms. The molecule has 0 atom stereocenters. The maximum absolute atomic E-state index is 11.0. The number of ketones is 1. The molecule has 0 spiro atoms. The standard InChI is InChI=1S/C10H8O4/c1-6(11)7-2-3-9-8(4-7)5-13-10(12)14-9/h2-4H,5H2,1H3. The summed E-state index contributed by atoms with van der Waals surface area (Å²) in [4.78, 5) is 21.8. The van der Waals surface area contributed by atoms with Crippen molar-refractivity contribution in [2.24, 2.45) is 0 Å². The highest BCUT2D eigenvalue weighted by Gasteiger charge is 2.18. The van der Waals surface area contributed by atoms with Gasteiger partial charge in [-0.15, -0.1) is 0 Å². The second kappa shape index (κ2) is 3.14. The maximum atomic E-state index is 11.0. The van der Waals surface area contributed by atoms with E-state index in [1.807, 2.05) is 0 Å². The van der Waals surface area contributed by atoms with Gasteiger partial charge in [0.1, 0.15) is 12.4 Å². The van der Waals surface area contributed by atoms with Gasteiger partial charge in [-0.05, 0) is 25.1 Å². The van der Waals surface area contributed by atoms with Crippen molar-refractivity contribution >= 4 is 11.9 Å². The molecule has 0 aromatic heterocycles. The van der Waals surface area contributed by atoms with Crippen LogP contribution in [0.1, 0.15) is 22.8 Å². The lowest BCUT2D eigenvalue weighted by Gasteiger charge is -2.15. The molecule has 1 heterocycles. The molecule has 0 aliphatic carbocycles. The van der Waals surface area contributed by atoms with E-state index in [2.05, 4.69) is 4.74 Å². The fourth-order valence-corrected chi connectivity index (χ4v) is 1.27. The van der Waals surface area contributed by atoms with Crippen molar-refractivity contribution < 1.29 is 19.1 Å². The fourth-order valence-electron chi connectivity index (χ4n) is 1.27. The zero-order chi connectivity index (χ0) is 10.1. The van der Waals surface area contributed by atoms with Crippen molar-refractivity contribution in [3.63, 3.8) is 0 Å². The minimum Gasteiger partial charge on any atom is -0.429 e. The molecule has 72 valence electrons. The highest BCUT2D eigenvalue weighted by molar-refractivity contribution is 5.94. The molecule has 4 heteroatoms. The number of carbonyl (C=O) groups is 2. The average molecular weight is 192 g/mol. The lowest BCUT2D eigenvalue weighted by atomic mass is 10.1. The van der Waals surface area contributed by atoms with Gasteiger partial charge < -0.3 is 9.47 Å². The molecule has 2 rings (SSSR count). The SMILES string of the molecule is CC(=O)c1ccc2c(c1)COC(=O)O2. The van der Waals surface area contributed by atoms with Crippen LogP contribution in [0.15, 0.2) is 18.2 Å². The van der Waals surface area contributed by atoms with E-state index in [-0.39, 0.29) is 12.4 Å². The van der Waals surface area contributed by atoms with Gasteiger partial charge in [-0.25, -0.2) is 4.79 Å². The van der Waals surface area contributed by atoms with Crippen LogP contribution in [-0.2, 0) is 11.3 Å².